The topological polar surface area (TPSA) is 114 Å². The molecule has 0 aromatic rings. The van der Waals surface area contributed by atoms with E-state index in [2.05, 4.69) is 0 Å². The highest BCUT2D eigenvalue weighted by Gasteiger charge is 2.49. The van der Waals surface area contributed by atoms with Gasteiger partial charge in [-0.3, -0.25) is 19.2 Å². The predicted molar refractivity (Wildman–Crippen MR) is 77.3 cm³/mol. The molecule has 0 aliphatic carbocycles. The van der Waals surface area contributed by atoms with Gasteiger partial charge in [-0.2, -0.15) is 0 Å². The second-order valence-electron chi connectivity index (χ2n) is 5.46. The Morgan fingerprint density at radius 1 is 0.792 bits per heavy atom. The average Bonchev–Trinajstić information content (AvgIpc) is 2.42. The first-order chi connectivity index (χ1) is 11.1. The summed E-state index contributed by atoms with van der Waals surface area (Å²) >= 11 is 0. The Kier molecular flexibility index (Phi) is 7.15. The smallest absolute Gasteiger partial charge is 0.305 e. The summed E-state index contributed by atoms with van der Waals surface area (Å²) in [7, 11) is 0. The van der Waals surface area contributed by atoms with Crippen LogP contribution in [0.2, 0.25) is 0 Å². The van der Waals surface area contributed by atoms with Gasteiger partial charge < -0.3 is 23.7 Å². The Morgan fingerprint density at radius 2 is 1.29 bits per heavy atom. The first-order valence-corrected chi connectivity index (χ1v) is 7.42. The highest BCUT2D eigenvalue weighted by atomic mass is 16.7. The van der Waals surface area contributed by atoms with Crippen molar-refractivity contribution in [3.8, 4) is 0 Å². The largest absolute Gasteiger partial charge is 0.463 e. The minimum Gasteiger partial charge on any atom is -0.463 e. The molecule has 0 N–H and O–H groups in total. The van der Waals surface area contributed by atoms with Gasteiger partial charge in [0.15, 0.2) is 0 Å². The summed E-state index contributed by atoms with van der Waals surface area (Å²) in [5.74, 6) is -2.91. The van der Waals surface area contributed by atoms with Gasteiger partial charge in [-0.1, -0.05) is 6.92 Å². The lowest BCUT2D eigenvalue weighted by molar-refractivity contribution is -0.286. The van der Waals surface area contributed by atoms with Crippen LogP contribution in [0.25, 0.3) is 0 Å². The van der Waals surface area contributed by atoms with Crippen molar-refractivity contribution in [2.75, 3.05) is 6.61 Å². The molecule has 1 rings (SSSR count). The second kappa shape index (κ2) is 8.62. The lowest BCUT2D eigenvalue weighted by atomic mass is 9.90. The van der Waals surface area contributed by atoms with Gasteiger partial charge >= 0.3 is 23.9 Å². The van der Waals surface area contributed by atoms with E-state index >= 15 is 0 Å². The van der Waals surface area contributed by atoms with Crippen molar-refractivity contribution in [1.29, 1.82) is 0 Å². The van der Waals surface area contributed by atoms with Gasteiger partial charge in [-0.05, 0) is 0 Å². The van der Waals surface area contributed by atoms with Crippen LogP contribution in [0.1, 0.15) is 34.6 Å². The van der Waals surface area contributed by atoms with Crippen LogP contribution in [0, 0.1) is 5.92 Å². The molecule has 0 aromatic heterocycles. The summed E-state index contributed by atoms with van der Waals surface area (Å²) in [5, 5.41) is 0. The van der Waals surface area contributed by atoms with E-state index in [-0.39, 0.29) is 6.61 Å². The van der Waals surface area contributed by atoms with Crippen LogP contribution in [0.5, 0.6) is 0 Å². The van der Waals surface area contributed by atoms with Gasteiger partial charge in [0.2, 0.25) is 12.4 Å². The van der Waals surface area contributed by atoms with Crippen molar-refractivity contribution < 1.29 is 42.9 Å². The van der Waals surface area contributed by atoms with Gasteiger partial charge in [0.05, 0.1) is 0 Å². The van der Waals surface area contributed by atoms with Crippen molar-refractivity contribution in [3.63, 3.8) is 0 Å². The minimum absolute atomic E-state index is 0.126. The van der Waals surface area contributed by atoms with Crippen LogP contribution in [-0.4, -0.2) is 55.1 Å². The van der Waals surface area contributed by atoms with E-state index in [1.165, 1.54) is 20.8 Å². The molecule has 136 valence electrons. The fourth-order valence-electron chi connectivity index (χ4n) is 2.37. The Balaban J connectivity index is 3.07. The van der Waals surface area contributed by atoms with Crippen LogP contribution < -0.4 is 0 Å². The van der Waals surface area contributed by atoms with E-state index in [1.54, 1.807) is 6.92 Å². The zero-order valence-electron chi connectivity index (χ0n) is 14.3. The number of hydrogen-bond acceptors (Lipinski definition) is 9. The summed E-state index contributed by atoms with van der Waals surface area (Å²) in [6.07, 6.45) is -4.05. The maximum absolute atomic E-state index is 11.4. The third-order valence-corrected chi connectivity index (χ3v) is 3.34. The highest BCUT2D eigenvalue weighted by molar-refractivity contribution is 5.68. The summed E-state index contributed by atoms with van der Waals surface area (Å²) in [6.45, 7) is 6.33. The molecule has 1 saturated heterocycles. The molecular formula is C15H22O9. The molecule has 1 fully saturated rings. The third kappa shape index (κ3) is 5.80. The minimum atomic E-state index is -1.28. The Hall–Kier alpha value is -2.16. The van der Waals surface area contributed by atoms with Crippen LogP contribution in [0.3, 0.4) is 0 Å². The fourth-order valence-corrected chi connectivity index (χ4v) is 2.37. The zero-order valence-corrected chi connectivity index (χ0v) is 14.3. The molecule has 5 atom stereocenters. The molecule has 1 unspecified atom stereocenters. The Bertz CT molecular complexity index is 501. The first kappa shape index (κ1) is 19.9. The van der Waals surface area contributed by atoms with Gasteiger partial charge in [-0.25, -0.2) is 0 Å². The van der Waals surface area contributed by atoms with Crippen molar-refractivity contribution in [2.45, 2.75) is 59.2 Å². The van der Waals surface area contributed by atoms with Gasteiger partial charge in [-0.15, -0.1) is 0 Å². The van der Waals surface area contributed by atoms with Gasteiger partial charge in [0.1, 0.15) is 18.8 Å². The second-order valence-corrected chi connectivity index (χ2v) is 5.46. The molecule has 0 amide bonds. The van der Waals surface area contributed by atoms with E-state index < -0.39 is 54.4 Å². The van der Waals surface area contributed by atoms with Crippen molar-refractivity contribution in [3.05, 3.63) is 0 Å². The summed E-state index contributed by atoms with van der Waals surface area (Å²) in [5.41, 5.74) is 0. The number of ether oxygens (including phenoxy) is 5. The van der Waals surface area contributed by atoms with E-state index in [9.17, 15) is 19.2 Å². The van der Waals surface area contributed by atoms with E-state index in [0.29, 0.717) is 0 Å². The first-order valence-electron chi connectivity index (χ1n) is 7.42. The Morgan fingerprint density at radius 3 is 1.75 bits per heavy atom. The summed E-state index contributed by atoms with van der Waals surface area (Å²) in [4.78, 5) is 45.0. The number of carbonyl (C=O) groups is 4. The highest BCUT2D eigenvalue weighted by Crippen LogP contribution is 2.31. The van der Waals surface area contributed by atoms with Crippen LogP contribution in [-0.2, 0) is 42.9 Å². The third-order valence-electron chi connectivity index (χ3n) is 3.34. The molecule has 1 aliphatic heterocycles. The van der Waals surface area contributed by atoms with Crippen LogP contribution >= 0.6 is 0 Å². The van der Waals surface area contributed by atoms with Gasteiger partial charge in [0, 0.05) is 33.6 Å². The van der Waals surface area contributed by atoms with Gasteiger partial charge in [0.25, 0.3) is 0 Å². The number of rotatable bonds is 5. The normalized spacial score (nSPS) is 29.3. The van der Waals surface area contributed by atoms with E-state index in [4.69, 9.17) is 23.7 Å². The molecular weight excluding hydrogens is 324 g/mol. The van der Waals surface area contributed by atoms with E-state index in [1.807, 2.05) is 0 Å². The zero-order chi connectivity index (χ0) is 18.4. The molecule has 0 radical (unpaired) electrons. The molecule has 0 spiro atoms. The molecule has 0 saturated carbocycles. The molecule has 0 bridgehead atoms. The maximum Gasteiger partial charge on any atom is 0.305 e. The fraction of sp³-hybridized carbons (Fsp3) is 0.733. The predicted octanol–water partition coefficient (Wildman–Crippen LogP) is 0.337. The molecule has 1 aliphatic rings. The Labute approximate surface area is 139 Å². The number of esters is 4. The summed E-state index contributed by atoms with van der Waals surface area (Å²) in [6, 6.07) is 0. The average molecular weight is 346 g/mol. The number of carbonyl (C=O) groups excluding carboxylic acids is 4. The van der Waals surface area contributed by atoms with Crippen molar-refractivity contribution in [2.24, 2.45) is 5.92 Å². The molecule has 9 nitrogen and oxygen atoms in total. The van der Waals surface area contributed by atoms with E-state index in [0.717, 1.165) is 6.92 Å². The number of hydrogen-bond donors (Lipinski definition) is 0. The summed E-state index contributed by atoms with van der Waals surface area (Å²) < 4.78 is 25.9. The van der Waals surface area contributed by atoms with Crippen molar-refractivity contribution >= 4 is 23.9 Å². The lowest BCUT2D eigenvalue weighted by Gasteiger charge is -2.43. The SMILES string of the molecule is CC(=O)OC[C@@H]1OC(OC(C)=O)[C@@H](OC(C)=O)[C@H](OC(C)=O)[C@H]1C. The van der Waals surface area contributed by atoms with Crippen LogP contribution in [0.4, 0.5) is 0 Å². The van der Waals surface area contributed by atoms with Crippen molar-refractivity contribution in [1.82, 2.24) is 0 Å². The lowest BCUT2D eigenvalue weighted by Crippen LogP contribution is -2.58. The maximum atomic E-state index is 11.4. The van der Waals surface area contributed by atoms with Crippen LogP contribution in [0.15, 0.2) is 0 Å². The molecule has 1 heterocycles. The molecule has 9 heteroatoms. The molecule has 24 heavy (non-hydrogen) atoms. The molecule has 0 aromatic carbocycles. The standard InChI is InChI=1S/C15H22O9/c1-7-12(6-20-8(2)16)24-15(23-11(5)19)14(22-10(4)18)13(7)21-9(3)17/h7,12-15H,6H2,1-5H3/t7-,12-,13+,14-,15?/m0/s1. The quantitative estimate of drug-likeness (QED) is 0.513. The monoisotopic (exact) mass is 346 g/mol.